The van der Waals surface area contributed by atoms with Crippen molar-refractivity contribution in [2.24, 2.45) is 5.92 Å². The molecule has 1 saturated heterocycles. The highest BCUT2D eigenvalue weighted by atomic mass is 35.5. The Kier molecular flexibility index (Phi) is 4.47. The van der Waals surface area contributed by atoms with Gasteiger partial charge in [0.05, 0.1) is 11.1 Å². The Morgan fingerprint density at radius 1 is 1.50 bits per heavy atom. The van der Waals surface area contributed by atoms with E-state index in [9.17, 15) is 5.11 Å². The molecule has 2 heterocycles. The maximum absolute atomic E-state index is 9.60. The van der Waals surface area contributed by atoms with Gasteiger partial charge in [0.2, 0.25) is 0 Å². The number of β-amino-alcohol motifs (C(OH)–C–C–N with tert-alkyl or cyclic N) is 1. The molecule has 3 nitrogen and oxygen atoms in total. The first-order chi connectivity index (χ1) is 7.68. The molecule has 0 radical (unpaired) electrons. The van der Waals surface area contributed by atoms with Gasteiger partial charge in [0.25, 0.3) is 0 Å². The monoisotopic (exact) mass is 280 g/mol. The fourth-order valence-electron chi connectivity index (χ4n) is 1.79. The zero-order valence-corrected chi connectivity index (χ0v) is 11.0. The van der Waals surface area contributed by atoms with E-state index >= 15 is 0 Å². The van der Waals surface area contributed by atoms with Crippen LogP contribution in [0.1, 0.15) is 5.56 Å². The molecule has 0 saturated carbocycles. The van der Waals surface area contributed by atoms with E-state index in [4.69, 9.17) is 23.2 Å². The van der Waals surface area contributed by atoms with Crippen molar-refractivity contribution in [2.75, 3.05) is 19.6 Å². The summed E-state index contributed by atoms with van der Waals surface area (Å²) in [6.07, 6.45) is -0.242. The van der Waals surface area contributed by atoms with Crippen molar-refractivity contribution in [3.63, 3.8) is 0 Å². The molecule has 1 aliphatic rings. The fraction of sp³-hybridized carbons (Fsp3) is 0.600. The summed E-state index contributed by atoms with van der Waals surface area (Å²) in [5.41, 5.74) is 1.03. The van der Waals surface area contributed by atoms with E-state index < -0.39 is 0 Å². The summed E-state index contributed by atoms with van der Waals surface area (Å²) < 4.78 is 0.640. The van der Waals surface area contributed by atoms with E-state index in [2.05, 4.69) is 10.6 Å². The normalized spacial score (nSPS) is 25.2. The number of rotatable bonds is 4. The van der Waals surface area contributed by atoms with Gasteiger partial charge in [-0.2, -0.15) is 0 Å². The van der Waals surface area contributed by atoms with Crippen LogP contribution in [0.4, 0.5) is 0 Å². The molecular formula is C10H14Cl2N2OS. The third-order valence-corrected chi connectivity index (χ3v) is 4.70. The lowest BCUT2D eigenvalue weighted by Crippen LogP contribution is -2.30. The minimum Gasteiger partial charge on any atom is -0.391 e. The van der Waals surface area contributed by atoms with Crippen molar-refractivity contribution < 1.29 is 5.11 Å². The van der Waals surface area contributed by atoms with Gasteiger partial charge in [0, 0.05) is 32.1 Å². The lowest BCUT2D eigenvalue weighted by molar-refractivity contribution is 0.146. The lowest BCUT2D eigenvalue weighted by Gasteiger charge is -2.13. The smallest absolute Gasteiger partial charge is 0.112 e. The van der Waals surface area contributed by atoms with Crippen LogP contribution in [0.15, 0.2) is 5.38 Å². The Bertz CT molecular complexity index is 359. The molecule has 0 spiro atoms. The molecule has 0 aliphatic carbocycles. The minimum absolute atomic E-state index is 0.242. The number of nitrogens with one attached hydrogen (secondary N) is 2. The molecule has 3 N–H and O–H groups in total. The quantitative estimate of drug-likeness (QED) is 0.787. The van der Waals surface area contributed by atoms with Crippen molar-refractivity contribution in [2.45, 2.75) is 12.6 Å². The van der Waals surface area contributed by atoms with Crippen molar-refractivity contribution >= 4 is 34.5 Å². The predicted octanol–water partition coefficient (Wildman–Crippen LogP) is 1.72. The second kappa shape index (κ2) is 5.67. The van der Waals surface area contributed by atoms with Gasteiger partial charge in [-0.05, 0) is 10.9 Å². The SMILES string of the molecule is OC1CNCC1CNCc1csc(Cl)c1Cl. The fourth-order valence-corrected chi connectivity index (χ4v) is 3.05. The molecule has 2 rings (SSSR count). The Hall–Kier alpha value is 0.160. The van der Waals surface area contributed by atoms with Crippen LogP contribution >= 0.6 is 34.5 Å². The highest BCUT2D eigenvalue weighted by molar-refractivity contribution is 7.15. The van der Waals surface area contributed by atoms with Gasteiger partial charge < -0.3 is 15.7 Å². The van der Waals surface area contributed by atoms with Crippen LogP contribution in [-0.4, -0.2) is 30.8 Å². The van der Waals surface area contributed by atoms with Gasteiger partial charge in [-0.25, -0.2) is 0 Å². The second-order valence-electron chi connectivity index (χ2n) is 3.97. The van der Waals surface area contributed by atoms with E-state index in [0.29, 0.717) is 22.4 Å². The average molecular weight is 281 g/mol. The summed E-state index contributed by atoms with van der Waals surface area (Å²) in [4.78, 5) is 0. The average Bonchev–Trinajstić information content (AvgIpc) is 2.80. The zero-order chi connectivity index (χ0) is 11.5. The number of hydrogen-bond donors (Lipinski definition) is 3. The topological polar surface area (TPSA) is 44.3 Å². The molecule has 0 amide bonds. The molecule has 1 aromatic rings. The molecule has 1 aliphatic heterocycles. The number of halogens is 2. The summed E-state index contributed by atoms with van der Waals surface area (Å²) in [5, 5.41) is 18.6. The summed E-state index contributed by atoms with van der Waals surface area (Å²) >= 11 is 13.3. The number of aliphatic hydroxyl groups is 1. The van der Waals surface area contributed by atoms with Crippen LogP contribution in [0.25, 0.3) is 0 Å². The molecule has 1 fully saturated rings. The van der Waals surface area contributed by atoms with E-state index in [-0.39, 0.29) is 12.0 Å². The first kappa shape index (κ1) is 12.6. The van der Waals surface area contributed by atoms with Crippen molar-refractivity contribution in [1.82, 2.24) is 10.6 Å². The highest BCUT2D eigenvalue weighted by Gasteiger charge is 2.24. The van der Waals surface area contributed by atoms with Crippen LogP contribution in [0.3, 0.4) is 0 Å². The van der Waals surface area contributed by atoms with Gasteiger partial charge >= 0.3 is 0 Å². The second-order valence-corrected chi connectivity index (χ2v) is 5.82. The first-order valence-electron chi connectivity index (χ1n) is 5.19. The van der Waals surface area contributed by atoms with Gasteiger partial charge in [-0.3, -0.25) is 0 Å². The standard InChI is InChI=1S/C10H14Cl2N2OS/c11-9-7(5-16-10(9)12)3-13-1-6-2-14-4-8(6)15/h5-6,8,13-15H,1-4H2. The molecule has 2 atom stereocenters. The maximum atomic E-state index is 9.60. The Balaban J connectivity index is 1.77. The van der Waals surface area contributed by atoms with E-state index in [1.54, 1.807) is 0 Å². The predicted molar refractivity (Wildman–Crippen MR) is 68.4 cm³/mol. The third kappa shape index (κ3) is 2.88. The molecule has 0 bridgehead atoms. The molecule has 1 aromatic heterocycles. The van der Waals surface area contributed by atoms with Crippen LogP contribution in [-0.2, 0) is 6.54 Å². The molecular weight excluding hydrogens is 267 g/mol. The number of hydrogen-bond acceptors (Lipinski definition) is 4. The van der Waals surface area contributed by atoms with Gasteiger partial charge in [0.15, 0.2) is 0 Å². The molecule has 90 valence electrons. The molecule has 6 heteroatoms. The summed E-state index contributed by atoms with van der Waals surface area (Å²) in [5.74, 6) is 0.285. The first-order valence-corrected chi connectivity index (χ1v) is 6.83. The van der Waals surface area contributed by atoms with Crippen LogP contribution in [0.2, 0.25) is 9.36 Å². The van der Waals surface area contributed by atoms with Crippen molar-refractivity contribution in [3.8, 4) is 0 Å². The molecule has 16 heavy (non-hydrogen) atoms. The number of aliphatic hydroxyl groups excluding tert-OH is 1. The Morgan fingerprint density at radius 3 is 2.88 bits per heavy atom. The van der Waals surface area contributed by atoms with E-state index in [1.807, 2.05) is 5.38 Å². The highest BCUT2D eigenvalue weighted by Crippen LogP contribution is 2.32. The summed E-state index contributed by atoms with van der Waals surface area (Å²) in [7, 11) is 0. The number of thiophene rings is 1. The Morgan fingerprint density at radius 2 is 2.31 bits per heavy atom. The van der Waals surface area contributed by atoms with E-state index in [0.717, 1.165) is 18.7 Å². The largest absolute Gasteiger partial charge is 0.391 e. The van der Waals surface area contributed by atoms with Crippen molar-refractivity contribution in [3.05, 3.63) is 20.3 Å². The Labute approximate surface area is 109 Å². The van der Waals surface area contributed by atoms with Gasteiger partial charge in [-0.1, -0.05) is 23.2 Å². The van der Waals surface area contributed by atoms with Gasteiger partial charge in [-0.15, -0.1) is 11.3 Å². The molecule has 0 aromatic carbocycles. The maximum Gasteiger partial charge on any atom is 0.112 e. The third-order valence-electron chi connectivity index (χ3n) is 2.79. The zero-order valence-electron chi connectivity index (χ0n) is 8.67. The van der Waals surface area contributed by atoms with E-state index in [1.165, 1.54) is 11.3 Å². The summed E-state index contributed by atoms with van der Waals surface area (Å²) in [6.45, 7) is 3.05. The minimum atomic E-state index is -0.242. The molecule has 2 unspecified atom stereocenters. The summed E-state index contributed by atoms with van der Waals surface area (Å²) in [6, 6.07) is 0. The van der Waals surface area contributed by atoms with Crippen molar-refractivity contribution in [1.29, 1.82) is 0 Å². The van der Waals surface area contributed by atoms with Crippen LogP contribution in [0.5, 0.6) is 0 Å². The van der Waals surface area contributed by atoms with Crippen LogP contribution in [0, 0.1) is 5.92 Å². The van der Waals surface area contributed by atoms with Crippen LogP contribution < -0.4 is 10.6 Å². The lowest BCUT2D eigenvalue weighted by atomic mass is 10.1. The van der Waals surface area contributed by atoms with Gasteiger partial charge in [0.1, 0.15) is 4.34 Å².